The van der Waals surface area contributed by atoms with Crippen molar-refractivity contribution in [1.29, 1.82) is 0 Å². The molecule has 0 unspecified atom stereocenters. The number of hydrogen-bond acceptors (Lipinski definition) is 6. The molecule has 0 aliphatic rings. The second-order valence-electron chi connectivity index (χ2n) is 7.44. The number of hydrazine groups is 1. The molecule has 0 aliphatic carbocycles. The van der Waals surface area contributed by atoms with Crippen LogP contribution in [0.5, 0.6) is 5.75 Å². The first-order valence-electron chi connectivity index (χ1n) is 10.3. The number of nitrogens with one attached hydrogen (secondary N) is 2. The first-order chi connectivity index (χ1) is 16.4. The van der Waals surface area contributed by atoms with Gasteiger partial charge in [0.2, 0.25) is 5.91 Å². The van der Waals surface area contributed by atoms with Gasteiger partial charge in [0.15, 0.2) is 5.65 Å². The van der Waals surface area contributed by atoms with Gasteiger partial charge in [0.25, 0.3) is 11.5 Å². The number of aromatic nitrogens is 4. The van der Waals surface area contributed by atoms with E-state index in [1.54, 1.807) is 55.6 Å². The lowest BCUT2D eigenvalue weighted by Gasteiger charge is -2.09. The molecule has 2 aromatic carbocycles. The predicted octanol–water partition coefficient (Wildman–Crippen LogP) is 2.21. The van der Waals surface area contributed by atoms with E-state index in [0.29, 0.717) is 34.0 Å². The molecule has 2 heterocycles. The lowest BCUT2D eigenvalue weighted by molar-refractivity contribution is -0.122. The number of aryl methyl sites for hydroxylation is 2. The van der Waals surface area contributed by atoms with E-state index in [4.69, 9.17) is 16.3 Å². The van der Waals surface area contributed by atoms with E-state index in [9.17, 15) is 14.4 Å². The maximum Gasteiger partial charge on any atom is 0.269 e. The molecule has 174 valence electrons. The molecule has 0 aliphatic heterocycles. The monoisotopic (exact) mass is 480 g/mol. The van der Waals surface area contributed by atoms with E-state index in [0.717, 1.165) is 5.56 Å². The number of amides is 2. The molecule has 2 amide bonds. The first kappa shape index (κ1) is 23.0. The zero-order valence-corrected chi connectivity index (χ0v) is 19.0. The highest BCUT2D eigenvalue weighted by atomic mass is 35.5. The standard InChI is InChI=1S/C23H21ClN6O4/c1-29-21-19(12-26-29)23(33)30(14-25-21)11-10-20(31)27-28-22(32)16-4-2-15(3-5-16)13-34-18-8-6-17(24)7-9-18/h2-9,12,14H,10-11,13H2,1H3,(H,27,31)(H,28,32). The van der Waals surface area contributed by atoms with Gasteiger partial charge in [0.1, 0.15) is 17.7 Å². The number of rotatable bonds is 7. The summed E-state index contributed by atoms with van der Waals surface area (Å²) in [6.45, 7) is 0.444. The fourth-order valence-corrected chi connectivity index (χ4v) is 3.28. The largest absolute Gasteiger partial charge is 0.489 e. The Balaban J connectivity index is 1.24. The van der Waals surface area contributed by atoms with Gasteiger partial charge in [-0.15, -0.1) is 0 Å². The maximum atomic E-state index is 12.4. The topological polar surface area (TPSA) is 120 Å². The van der Waals surface area contributed by atoms with Crippen LogP contribution in [0.1, 0.15) is 22.3 Å². The number of halogens is 1. The van der Waals surface area contributed by atoms with Gasteiger partial charge in [0, 0.05) is 30.6 Å². The Hall–Kier alpha value is -4.18. The average Bonchev–Trinajstić information content (AvgIpc) is 3.23. The van der Waals surface area contributed by atoms with E-state index < -0.39 is 11.8 Å². The molecule has 0 saturated heterocycles. The van der Waals surface area contributed by atoms with Gasteiger partial charge in [0.05, 0.1) is 12.5 Å². The summed E-state index contributed by atoms with van der Waals surface area (Å²) in [5, 5.41) is 5.01. The van der Waals surface area contributed by atoms with Gasteiger partial charge in [-0.3, -0.25) is 34.5 Å². The van der Waals surface area contributed by atoms with Crippen LogP contribution in [-0.2, 0) is 25.0 Å². The minimum atomic E-state index is -0.464. The molecule has 2 N–H and O–H groups in total. The van der Waals surface area contributed by atoms with Gasteiger partial charge in [-0.2, -0.15) is 5.10 Å². The number of carbonyl (C=O) groups excluding carboxylic acids is 2. The van der Waals surface area contributed by atoms with Crippen molar-refractivity contribution < 1.29 is 14.3 Å². The molecule has 11 heteroatoms. The Bertz CT molecular complexity index is 1380. The van der Waals surface area contributed by atoms with E-state index in [-0.39, 0.29) is 18.5 Å². The van der Waals surface area contributed by atoms with Crippen molar-refractivity contribution in [1.82, 2.24) is 30.2 Å². The van der Waals surface area contributed by atoms with Crippen molar-refractivity contribution in [3.05, 3.63) is 87.6 Å². The number of hydrogen-bond donors (Lipinski definition) is 2. The van der Waals surface area contributed by atoms with Crippen LogP contribution < -0.4 is 21.1 Å². The summed E-state index contributed by atoms with van der Waals surface area (Å²) < 4.78 is 8.51. The van der Waals surface area contributed by atoms with Crippen molar-refractivity contribution in [3.63, 3.8) is 0 Å². The summed E-state index contributed by atoms with van der Waals surface area (Å²) in [6, 6.07) is 13.8. The first-order valence-corrected chi connectivity index (χ1v) is 10.7. The second kappa shape index (κ2) is 10.2. The summed E-state index contributed by atoms with van der Waals surface area (Å²) in [5.41, 5.74) is 6.16. The maximum absolute atomic E-state index is 12.4. The van der Waals surface area contributed by atoms with Crippen LogP contribution in [0.25, 0.3) is 11.0 Å². The van der Waals surface area contributed by atoms with Crippen LogP contribution in [0.15, 0.2) is 65.8 Å². The smallest absolute Gasteiger partial charge is 0.269 e. The quantitative estimate of drug-likeness (QED) is 0.391. The number of carbonyl (C=O) groups is 2. The molecule has 0 atom stereocenters. The molecule has 0 bridgehead atoms. The van der Waals surface area contributed by atoms with Gasteiger partial charge in [-0.1, -0.05) is 23.7 Å². The highest BCUT2D eigenvalue weighted by Crippen LogP contribution is 2.17. The molecule has 0 fully saturated rings. The fourth-order valence-electron chi connectivity index (χ4n) is 3.16. The summed E-state index contributed by atoms with van der Waals surface area (Å²) in [4.78, 5) is 41.0. The number of benzene rings is 2. The summed E-state index contributed by atoms with van der Waals surface area (Å²) in [7, 11) is 1.69. The SMILES string of the molecule is Cn1ncc2c(=O)n(CCC(=O)NNC(=O)c3ccc(COc4ccc(Cl)cc4)cc3)cnc21. The summed E-state index contributed by atoms with van der Waals surface area (Å²) in [5.74, 6) is -0.221. The minimum absolute atomic E-state index is 0.0192. The van der Waals surface area contributed by atoms with E-state index in [1.165, 1.54) is 21.8 Å². The molecule has 10 nitrogen and oxygen atoms in total. The third-order valence-corrected chi connectivity index (χ3v) is 5.30. The molecule has 4 rings (SSSR count). The van der Waals surface area contributed by atoms with Crippen LogP contribution >= 0.6 is 11.6 Å². The molecule has 4 aromatic rings. The van der Waals surface area contributed by atoms with E-state index in [1.807, 2.05) is 0 Å². The number of fused-ring (bicyclic) bond motifs is 1. The van der Waals surface area contributed by atoms with Crippen molar-refractivity contribution in [2.24, 2.45) is 7.05 Å². The minimum Gasteiger partial charge on any atom is -0.489 e. The highest BCUT2D eigenvalue weighted by molar-refractivity contribution is 6.30. The van der Waals surface area contributed by atoms with Crippen LogP contribution in [0.3, 0.4) is 0 Å². The van der Waals surface area contributed by atoms with Gasteiger partial charge in [-0.05, 0) is 42.0 Å². The van der Waals surface area contributed by atoms with Crippen LogP contribution in [0.2, 0.25) is 5.02 Å². The average molecular weight is 481 g/mol. The van der Waals surface area contributed by atoms with Gasteiger partial charge >= 0.3 is 0 Å². The Morgan fingerprint density at radius 1 is 1.06 bits per heavy atom. The van der Waals surface area contributed by atoms with Gasteiger partial charge in [-0.25, -0.2) is 4.98 Å². The van der Waals surface area contributed by atoms with Gasteiger partial charge < -0.3 is 4.74 Å². The Kier molecular flexibility index (Phi) is 6.88. The Labute approximate surface area is 199 Å². The molecule has 0 spiro atoms. The fraction of sp³-hybridized carbons (Fsp3) is 0.174. The Morgan fingerprint density at radius 3 is 2.53 bits per heavy atom. The summed E-state index contributed by atoms with van der Waals surface area (Å²) in [6.07, 6.45) is 2.79. The number of nitrogens with zero attached hydrogens (tertiary/aromatic N) is 4. The summed E-state index contributed by atoms with van der Waals surface area (Å²) >= 11 is 5.85. The van der Waals surface area contributed by atoms with Crippen LogP contribution in [0, 0.1) is 0 Å². The molecular weight excluding hydrogens is 460 g/mol. The normalized spacial score (nSPS) is 10.8. The lowest BCUT2D eigenvalue weighted by atomic mass is 10.1. The van der Waals surface area contributed by atoms with Crippen molar-refractivity contribution >= 4 is 34.4 Å². The molecule has 34 heavy (non-hydrogen) atoms. The molecule has 2 aromatic heterocycles. The van der Waals surface area contributed by atoms with Crippen LogP contribution in [0.4, 0.5) is 0 Å². The van der Waals surface area contributed by atoms with E-state index >= 15 is 0 Å². The second-order valence-corrected chi connectivity index (χ2v) is 7.88. The zero-order valence-electron chi connectivity index (χ0n) is 18.2. The Morgan fingerprint density at radius 2 is 1.79 bits per heavy atom. The zero-order chi connectivity index (χ0) is 24.1. The van der Waals surface area contributed by atoms with Crippen molar-refractivity contribution in [2.75, 3.05) is 0 Å². The van der Waals surface area contributed by atoms with Crippen molar-refractivity contribution in [3.8, 4) is 5.75 Å². The molecular formula is C23H21ClN6O4. The molecule has 0 saturated carbocycles. The third-order valence-electron chi connectivity index (χ3n) is 5.05. The third kappa shape index (κ3) is 5.41. The van der Waals surface area contributed by atoms with E-state index in [2.05, 4.69) is 20.9 Å². The highest BCUT2D eigenvalue weighted by Gasteiger charge is 2.11. The van der Waals surface area contributed by atoms with Crippen LogP contribution in [-0.4, -0.2) is 31.1 Å². The van der Waals surface area contributed by atoms with Crippen molar-refractivity contribution in [2.45, 2.75) is 19.6 Å². The molecule has 0 radical (unpaired) electrons. The number of ether oxygens (including phenoxy) is 1. The predicted molar refractivity (Wildman–Crippen MR) is 125 cm³/mol. The lowest BCUT2D eigenvalue weighted by Crippen LogP contribution is -2.42.